The lowest BCUT2D eigenvalue weighted by molar-refractivity contribution is 0.302. The molecule has 2 fully saturated rings. The summed E-state index contributed by atoms with van der Waals surface area (Å²) in [5.74, 6) is 2.20. The van der Waals surface area contributed by atoms with Crippen molar-refractivity contribution in [2.24, 2.45) is 0 Å². The lowest BCUT2D eigenvalue weighted by atomic mass is 9.86. The zero-order valence-electron chi connectivity index (χ0n) is 18.0. The number of aromatic nitrogens is 2. The first kappa shape index (κ1) is 21.1. The van der Waals surface area contributed by atoms with Crippen molar-refractivity contribution >= 4 is 10.0 Å². The Bertz CT molecular complexity index is 1010. The maximum absolute atomic E-state index is 12.9. The van der Waals surface area contributed by atoms with Crippen molar-refractivity contribution in [1.29, 1.82) is 0 Å². The molecular formula is C23H32N4O3S. The number of fused-ring (bicyclic) bond motifs is 1. The molecule has 0 amide bonds. The van der Waals surface area contributed by atoms with E-state index >= 15 is 0 Å². The Morgan fingerprint density at radius 3 is 2.35 bits per heavy atom. The van der Waals surface area contributed by atoms with Crippen LogP contribution >= 0.6 is 0 Å². The van der Waals surface area contributed by atoms with Gasteiger partial charge in [0.15, 0.2) is 0 Å². The van der Waals surface area contributed by atoms with Crippen LogP contribution in [-0.4, -0.2) is 31.2 Å². The monoisotopic (exact) mass is 444 g/mol. The number of nitrogens with one attached hydrogen (secondary N) is 2. The van der Waals surface area contributed by atoms with Crippen molar-refractivity contribution in [2.75, 3.05) is 6.54 Å². The average molecular weight is 445 g/mol. The van der Waals surface area contributed by atoms with Crippen molar-refractivity contribution in [1.82, 2.24) is 20.2 Å². The smallest absolute Gasteiger partial charge is 0.240 e. The quantitative estimate of drug-likeness (QED) is 0.729. The molecule has 0 spiro atoms. The predicted molar refractivity (Wildman–Crippen MR) is 117 cm³/mol. The number of nitrogens with zero attached hydrogens (tertiary/aromatic N) is 2. The first-order chi connectivity index (χ1) is 15.1. The van der Waals surface area contributed by atoms with Gasteiger partial charge in [-0.25, -0.2) is 13.1 Å². The van der Waals surface area contributed by atoms with Crippen LogP contribution in [0.5, 0.6) is 0 Å². The highest BCUT2D eigenvalue weighted by molar-refractivity contribution is 7.89. The minimum Gasteiger partial charge on any atom is -0.425 e. The minimum absolute atomic E-state index is 0.0452. The van der Waals surface area contributed by atoms with Gasteiger partial charge >= 0.3 is 0 Å². The number of benzene rings is 1. The van der Waals surface area contributed by atoms with Crippen molar-refractivity contribution in [3.8, 4) is 0 Å². The summed E-state index contributed by atoms with van der Waals surface area (Å²) in [4.78, 5) is 0.367. The third-order valence-corrected chi connectivity index (χ3v) is 8.70. The predicted octanol–water partition coefficient (Wildman–Crippen LogP) is 3.77. The second-order valence-electron chi connectivity index (χ2n) is 9.34. The van der Waals surface area contributed by atoms with Crippen LogP contribution in [0.1, 0.15) is 92.5 Å². The number of rotatable bonds is 5. The van der Waals surface area contributed by atoms with E-state index in [-0.39, 0.29) is 12.0 Å². The summed E-state index contributed by atoms with van der Waals surface area (Å²) in [6.45, 7) is 1.68. The van der Waals surface area contributed by atoms with Crippen LogP contribution < -0.4 is 10.0 Å². The maximum Gasteiger partial charge on any atom is 0.240 e. The Hall–Kier alpha value is -1.77. The van der Waals surface area contributed by atoms with E-state index < -0.39 is 10.0 Å². The molecule has 2 N–H and O–H groups in total. The maximum atomic E-state index is 12.9. The van der Waals surface area contributed by atoms with Crippen LogP contribution in [0.3, 0.4) is 0 Å². The van der Waals surface area contributed by atoms with Gasteiger partial charge in [0.05, 0.1) is 4.90 Å². The minimum atomic E-state index is -3.52. The second kappa shape index (κ2) is 9.00. The molecule has 5 rings (SSSR count). The molecule has 0 radical (unpaired) electrons. The summed E-state index contributed by atoms with van der Waals surface area (Å²) < 4.78 is 34.9. The number of hydrogen-bond donors (Lipinski definition) is 2. The SMILES string of the molecule is O=S(=O)(N[C@H]1CC[C@H](c2nnc(C3CCCCC3)o2)CC1)c1ccc2c(c1)CNCC2. The zero-order valence-corrected chi connectivity index (χ0v) is 18.8. The molecule has 31 heavy (non-hydrogen) atoms. The highest BCUT2D eigenvalue weighted by Gasteiger charge is 2.30. The first-order valence-corrected chi connectivity index (χ1v) is 13.2. The highest BCUT2D eigenvalue weighted by Crippen LogP contribution is 2.36. The van der Waals surface area contributed by atoms with Gasteiger partial charge in [-0.3, -0.25) is 0 Å². The molecule has 168 valence electrons. The van der Waals surface area contributed by atoms with Gasteiger partial charge in [0.25, 0.3) is 0 Å². The van der Waals surface area contributed by atoms with E-state index in [0.717, 1.165) is 75.4 Å². The van der Waals surface area contributed by atoms with Crippen molar-refractivity contribution in [3.05, 3.63) is 41.1 Å². The van der Waals surface area contributed by atoms with E-state index in [2.05, 4.69) is 20.2 Å². The van der Waals surface area contributed by atoms with Crippen LogP contribution in [0, 0.1) is 0 Å². The van der Waals surface area contributed by atoms with Crippen LogP contribution in [0.15, 0.2) is 27.5 Å². The molecule has 2 aliphatic carbocycles. The first-order valence-electron chi connectivity index (χ1n) is 11.8. The summed E-state index contributed by atoms with van der Waals surface area (Å²) in [5, 5.41) is 12.0. The topological polar surface area (TPSA) is 97.1 Å². The molecule has 0 unspecified atom stereocenters. The van der Waals surface area contributed by atoms with Gasteiger partial charge in [-0.1, -0.05) is 25.3 Å². The van der Waals surface area contributed by atoms with Gasteiger partial charge in [-0.05, 0) is 74.8 Å². The van der Waals surface area contributed by atoms with Crippen LogP contribution in [0.25, 0.3) is 0 Å². The molecule has 2 heterocycles. The standard InChI is InChI=1S/C23H32N4O3S/c28-31(29,21-11-8-16-12-13-24-15-19(16)14-21)27-20-9-6-18(7-10-20)23-26-25-22(30-23)17-4-2-1-3-5-17/h8,11,14,17-18,20,24,27H,1-7,9-10,12-13,15H2/t18-,20-. The molecule has 1 aromatic heterocycles. The Labute approximate surface area is 184 Å². The molecule has 0 bridgehead atoms. The van der Waals surface area contributed by atoms with Crippen molar-refractivity contribution in [2.45, 2.75) is 93.5 Å². The summed E-state index contributed by atoms with van der Waals surface area (Å²) in [5.41, 5.74) is 2.33. The highest BCUT2D eigenvalue weighted by atomic mass is 32.2. The molecule has 7 nitrogen and oxygen atoms in total. The van der Waals surface area contributed by atoms with E-state index in [1.165, 1.54) is 24.8 Å². The Morgan fingerprint density at radius 2 is 1.61 bits per heavy atom. The van der Waals surface area contributed by atoms with Gasteiger partial charge in [-0.2, -0.15) is 0 Å². The largest absolute Gasteiger partial charge is 0.425 e. The van der Waals surface area contributed by atoms with Crippen molar-refractivity contribution in [3.63, 3.8) is 0 Å². The van der Waals surface area contributed by atoms with Crippen molar-refractivity contribution < 1.29 is 12.8 Å². The van der Waals surface area contributed by atoms with E-state index in [9.17, 15) is 8.42 Å². The summed E-state index contributed by atoms with van der Waals surface area (Å²) in [7, 11) is -3.52. The molecular weight excluding hydrogens is 412 g/mol. The van der Waals surface area contributed by atoms with Gasteiger partial charge < -0.3 is 9.73 Å². The van der Waals surface area contributed by atoms with E-state index in [1.54, 1.807) is 6.07 Å². The fraction of sp³-hybridized carbons (Fsp3) is 0.652. The molecule has 8 heteroatoms. The lowest BCUT2D eigenvalue weighted by Gasteiger charge is -2.27. The van der Waals surface area contributed by atoms with E-state index in [0.29, 0.717) is 10.8 Å². The molecule has 0 atom stereocenters. The second-order valence-corrected chi connectivity index (χ2v) is 11.1. The lowest BCUT2D eigenvalue weighted by Crippen LogP contribution is -2.37. The van der Waals surface area contributed by atoms with Crippen LogP contribution in [-0.2, 0) is 23.0 Å². The Kier molecular flexibility index (Phi) is 6.12. The summed E-state index contributed by atoms with van der Waals surface area (Å²) in [6, 6.07) is 5.47. The number of sulfonamides is 1. The third-order valence-electron chi connectivity index (χ3n) is 7.18. The summed E-state index contributed by atoms with van der Waals surface area (Å²) in [6.07, 6.45) is 10.4. The third kappa shape index (κ3) is 4.71. The van der Waals surface area contributed by atoms with Crippen LogP contribution in [0.4, 0.5) is 0 Å². The molecule has 2 saturated carbocycles. The summed E-state index contributed by atoms with van der Waals surface area (Å²) >= 11 is 0. The molecule has 3 aliphatic rings. The molecule has 0 saturated heterocycles. The fourth-order valence-electron chi connectivity index (χ4n) is 5.30. The number of hydrogen-bond acceptors (Lipinski definition) is 6. The zero-order chi connectivity index (χ0) is 21.3. The Morgan fingerprint density at radius 1 is 0.903 bits per heavy atom. The van der Waals surface area contributed by atoms with Gasteiger partial charge in [0.2, 0.25) is 21.8 Å². The van der Waals surface area contributed by atoms with Gasteiger partial charge in [0, 0.05) is 24.4 Å². The van der Waals surface area contributed by atoms with E-state index in [1.807, 2.05) is 12.1 Å². The van der Waals surface area contributed by atoms with E-state index in [4.69, 9.17) is 4.42 Å². The molecule has 2 aromatic rings. The fourth-order valence-corrected chi connectivity index (χ4v) is 6.65. The average Bonchev–Trinajstić information content (AvgIpc) is 3.30. The van der Waals surface area contributed by atoms with Crippen LogP contribution in [0.2, 0.25) is 0 Å². The normalized spacial score (nSPS) is 25.3. The van der Waals surface area contributed by atoms with Gasteiger partial charge in [0.1, 0.15) is 0 Å². The Balaban J connectivity index is 1.18. The molecule has 1 aromatic carbocycles. The molecule has 1 aliphatic heterocycles. The van der Waals surface area contributed by atoms with Gasteiger partial charge in [-0.15, -0.1) is 10.2 Å².